The molecule has 1 rings (SSSR count). The average Bonchev–Trinajstić information content (AvgIpc) is 2.28. The maximum atomic E-state index is 3.86. The largest absolute Gasteiger partial charge is 0.0955 e. The molecule has 0 aliphatic carbocycles. The van der Waals surface area contributed by atoms with Crippen molar-refractivity contribution >= 4 is 5.57 Å². The second-order valence-corrected chi connectivity index (χ2v) is 4.35. The summed E-state index contributed by atoms with van der Waals surface area (Å²) in [6.45, 7) is 12.4. The van der Waals surface area contributed by atoms with Crippen LogP contribution < -0.4 is 0 Å². The fourth-order valence-corrected chi connectivity index (χ4v) is 1.34. The molecule has 0 aliphatic rings. The molecule has 1 aromatic carbocycles. The fourth-order valence-electron chi connectivity index (χ4n) is 1.34. The Morgan fingerprint density at radius 3 is 1.75 bits per heavy atom. The molecule has 0 radical (unpaired) electrons. The molecular weight excluding hydrogens is 192 g/mol. The van der Waals surface area contributed by atoms with Gasteiger partial charge in [-0.1, -0.05) is 81.5 Å². The number of allylic oxidation sites excluding steroid dienone is 1. The standard InChI is InChI=1S/C10H12.C6H14/c1-8(2)10-6-4-9(3)5-7-10;1-3-5-6-4-2/h4-7H,1H2,2-3H3;3-6H2,1-2H3. The molecule has 0 atom stereocenters. The lowest BCUT2D eigenvalue weighted by atomic mass is 10.1. The molecule has 0 aliphatic heterocycles. The van der Waals surface area contributed by atoms with E-state index in [4.69, 9.17) is 0 Å². The van der Waals surface area contributed by atoms with Crippen molar-refractivity contribution in [1.82, 2.24) is 0 Å². The second kappa shape index (κ2) is 9.21. The Bertz CT molecular complexity index is 275. The quantitative estimate of drug-likeness (QED) is 0.576. The van der Waals surface area contributed by atoms with Crippen LogP contribution in [0.25, 0.3) is 5.57 Å². The Labute approximate surface area is 101 Å². The van der Waals surface area contributed by atoms with Crippen molar-refractivity contribution in [1.29, 1.82) is 0 Å². The monoisotopic (exact) mass is 218 g/mol. The van der Waals surface area contributed by atoms with Gasteiger partial charge in [0.15, 0.2) is 0 Å². The molecule has 1 aromatic rings. The van der Waals surface area contributed by atoms with Crippen molar-refractivity contribution < 1.29 is 0 Å². The van der Waals surface area contributed by atoms with Crippen LogP contribution in [0.5, 0.6) is 0 Å². The highest BCUT2D eigenvalue weighted by molar-refractivity contribution is 5.61. The minimum Gasteiger partial charge on any atom is -0.0955 e. The molecule has 0 bridgehead atoms. The summed E-state index contributed by atoms with van der Waals surface area (Å²) in [6, 6.07) is 8.39. The summed E-state index contributed by atoms with van der Waals surface area (Å²) < 4.78 is 0. The topological polar surface area (TPSA) is 0 Å². The summed E-state index contributed by atoms with van der Waals surface area (Å²) in [7, 11) is 0. The smallest absolute Gasteiger partial charge is 0.0233 e. The van der Waals surface area contributed by atoms with Crippen LogP contribution in [0.15, 0.2) is 30.8 Å². The van der Waals surface area contributed by atoms with Gasteiger partial charge in [0.2, 0.25) is 0 Å². The van der Waals surface area contributed by atoms with E-state index in [0.29, 0.717) is 0 Å². The molecular formula is C16H26. The molecule has 0 saturated heterocycles. The first-order valence-corrected chi connectivity index (χ1v) is 6.34. The Balaban J connectivity index is 0.000000325. The zero-order valence-corrected chi connectivity index (χ0v) is 11.3. The predicted molar refractivity (Wildman–Crippen MR) is 75.7 cm³/mol. The predicted octanol–water partition coefficient (Wildman–Crippen LogP) is 5.61. The molecule has 0 fully saturated rings. The molecule has 0 unspecified atom stereocenters. The van der Waals surface area contributed by atoms with Crippen molar-refractivity contribution in [2.24, 2.45) is 0 Å². The second-order valence-electron chi connectivity index (χ2n) is 4.35. The minimum atomic E-state index is 1.13. The van der Waals surface area contributed by atoms with Gasteiger partial charge >= 0.3 is 0 Å². The number of hydrogen-bond acceptors (Lipinski definition) is 0. The molecule has 0 saturated carbocycles. The van der Waals surface area contributed by atoms with E-state index in [0.717, 1.165) is 5.57 Å². The van der Waals surface area contributed by atoms with Gasteiger partial charge in [-0.25, -0.2) is 0 Å². The van der Waals surface area contributed by atoms with Crippen molar-refractivity contribution in [3.8, 4) is 0 Å². The van der Waals surface area contributed by atoms with E-state index in [-0.39, 0.29) is 0 Å². The SMILES string of the molecule is C=C(C)c1ccc(C)cc1.CCCCCC. The first kappa shape index (κ1) is 15.0. The Morgan fingerprint density at radius 2 is 1.44 bits per heavy atom. The van der Waals surface area contributed by atoms with Crippen LogP contribution in [0.4, 0.5) is 0 Å². The van der Waals surface area contributed by atoms with E-state index < -0.39 is 0 Å². The lowest BCUT2D eigenvalue weighted by Gasteiger charge is -1.98. The lowest BCUT2D eigenvalue weighted by Crippen LogP contribution is -1.76. The zero-order valence-electron chi connectivity index (χ0n) is 11.3. The van der Waals surface area contributed by atoms with E-state index in [1.165, 1.54) is 36.8 Å². The van der Waals surface area contributed by atoms with E-state index in [9.17, 15) is 0 Å². The summed E-state index contributed by atoms with van der Waals surface area (Å²) in [4.78, 5) is 0. The van der Waals surface area contributed by atoms with Gasteiger partial charge in [-0.2, -0.15) is 0 Å². The van der Waals surface area contributed by atoms with Gasteiger partial charge in [-0.3, -0.25) is 0 Å². The maximum absolute atomic E-state index is 3.86. The van der Waals surface area contributed by atoms with Crippen LogP contribution in [0, 0.1) is 6.92 Å². The summed E-state index contributed by atoms with van der Waals surface area (Å²) in [6.07, 6.45) is 5.54. The van der Waals surface area contributed by atoms with Gasteiger partial charge in [0.25, 0.3) is 0 Å². The average molecular weight is 218 g/mol. The van der Waals surface area contributed by atoms with E-state index in [1.807, 2.05) is 6.92 Å². The van der Waals surface area contributed by atoms with Crippen LogP contribution in [-0.4, -0.2) is 0 Å². The maximum Gasteiger partial charge on any atom is -0.0233 e. The van der Waals surface area contributed by atoms with Gasteiger partial charge < -0.3 is 0 Å². The highest BCUT2D eigenvalue weighted by Gasteiger charge is 1.89. The normalized spacial score (nSPS) is 9.25. The van der Waals surface area contributed by atoms with Gasteiger partial charge in [-0.15, -0.1) is 0 Å². The van der Waals surface area contributed by atoms with E-state index >= 15 is 0 Å². The molecule has 0 heteroatoms. The number of hydrogen-bond donors (Lipinski definition) is 0. The molecule has 0 amide bonds. The lowest BCUT2D eigenvalue weighted by molar-refractivity contribution is 0.702. The number of aryl methyl sites for hydroxylation is 1. The van der Waals surface area contributed by atoms with E-state index in [1.54, 1.807) is 0 Å². The molecule has 90 valence electrons. The molecule has 16 heavy (non-hydrogen) atoms. The first-order chi connectivity index (χ1) is 7.61. The van der Waals surface area contributed by atoms with Gasteiger partial charge in [-0.05, 0) is 19.4 Å². The fraction of sp³-hybridized carbons (Fsp3) is 0.500. The van der Waals surface area contributed by atoms with Gasteiger partial charge in [0.1, 0.15) is 0 Å². The molecule has 0 spiro atoms. The highest BCUT2D eigenvalue weighted by atomic mass is 13.9. The summed E-state index contributed by atoms with van der Waals surface area (Å²) >= 11 is 0. The van der Waals surface area contributed by atoms with Crippen LogP contribution >= 0.6 is 0 Å². The van der Waals surface area contributed by atoms with Crippen molar-refractivity contribution in [3.05, 3.63) is 42.0 Å². The Kier molecular flexibility index (Phi) is 8.61. The first-order valence-electron chi connectivity index (χ1n) is 6.34. The van der Waals surface area contributed by atoms with Crippen molar-refractivity contribution in [3.63, 3.8) is 0 Å². The van der Waals surface area contributed by atoms with Crippen molar-refractivity contribution in [2.45, 2.75) is 53.4 Å². The van der Waals surface area contributed by atoms with E-state index in [2.05, 4.69) is 51.6 Å². The van der Waals surface area contributed by atoms with Crippen LogP contribution in [0.3, 0.4) is 0 Å². The van der Waals surface area contributed by atoms with Crippen LogP contribution in [-0.2, 0) is 0 Å². The zero-order chi connectivity index (χ0) is 12.4. The molecule has 0 heterocycles. The molecule has 0 N–H and O–H groups in total. The molecule has 0 nitrogen and oxygen atoms in total. The van der Waals surface area contributed by atoms with Gasteiger partial charge in [0.05, 0.1) is 0 Å². The Hall–Kier alpha value is -1.04. The summed E-state index contributed by atoms with van der Waals surface area (Å²) in [5.41, 5.74) is 3.65. The summed E-state index contributed by atoms with van der Waals surface area (Å²) in [5, 5.41) is 0. The number of unbranched alkanes of at least 4 members (excludes halogenated alkanes) is 3. The third kappa shape index (κ3) is 7.28. The highest BCUT2D eigenvalue weighted by Crippen LogP contribution is 2.11. The number of rotatable bonds is 4. The molecule has 0 aromatic heterocycles. The third-order valence-corrected chi connectivity index (χ3v) is 2.50. The number of benzene rings is 1. The van der Waals surface area contributed by atoms with Crippen LogP contribution in [0.1, 0.15) is 57.6 Å². The Morgan fingerprint density at radius 1 is 1.00 bits per heavy atom. The van der Waals surface area contributed by atoms with Crippen molar-refractivity contribution in [2.75, 3.05) is 0 Å². The van der Waals surface area contributed by atoms with Gasteiger partial charge in [0, 0.05) is 0 Å². The minimum absolute atomic E-state index is 1.13. The third-order valence-electron chi connectivity index (χ3n) is 2.50. The van der Waals surface area contributed by atoms with Crippen LogP contribution in [0.2, 0.25) is 0 Å². The summed E-state index contributed by atoms with van der Waals surface area (Å²) in [5.74, 6) is 0.